The molecule has 0 atom stereocenters. The number of benzene rings is 1. The van der Waals surface area contributed by atoms with Gasteiger partial charge in [-0.05, 0) is 74.1 Å². The van der Waals surface area contributed by atoms with E-state index in [1.165, 1.54) is 30.1 Å². The Bertz CT molecular complexity index is 1090. The number of hydrogen-bond acceptors (Lipinski definition) is 6. The second-order valence-corrected chi connectivity index (χ2v) is 8.57. The minimum atomic E-state index is -1.07. The first-order valence-corrected chi connectivity index (χ1v) is 10.4. The van der Waals surface area contributed by atoms with Crippen molar-refractivity contribution in [2.75, 3.05) is 0 Å². The topological polar surface area (TPSA) is 81.3 Å². The lowest BCUT2D eigenvalue weighted by molar-refractivity contribution is 0.0738. The van der Waals surface area contributed by atoms with Crippen LogP contribution in [0.3, 0.4) is 0 Å². The highest BCUT2D eigenvalue weighted by atomic mass is 35.5. The molecule has 0 bridgehead atoms. The maximum absolute atomic E-state index is 13.3. The van der Waals surface area contributed by atoms with E-state index in [0.717, 1.165) is 0 Å². The zero-order chi connectivity index (χ0) is 22.6. The zero-order valence-corrected chi connectivity index (χ0v) is 18.5. The van der Waals surface area contributed by atoms with Crippen LogP contribution in [-0.2, 0) is 10.3 Å². The van der Waals surface area contributed by atoms with Gasteiger partial charge in [0.15, 0.2) is 5.09 Å². The fraction of sp³-hybridized carbons (Fsp3) is 0.130. The lowest BCUT2D eigenvalue weighted by Crippen LogP contribution is -2.17. The van der Waals surface area contributed by atoms with Gasteiger partial charge in [0.25, 0.3) is 0 Å². The molecule has 0 spiro atoms. The van der Waals surface area contributed by atoms with Gasteiger partial charge >= 0.3 is 0 Å². The van der Waals surface area contributed by atoms with Crippen molar-refractivity contribution in [3.05, 3.63) is 100 Å². The predicted molar refractivity (Wildman–Crippen MR) is 122 cm³/mol. The summed E-state index contributed by atoms with van der Waals surface area (Å²) in [6.45, 7) is 7.24. The molecule has 0 aliphatic rings. The number of pyridine rings is 2. The first kappa shape index (κ1) is 22.8. The summed E-state index contributed by atoms with van der Waals surface area (Å²) in [5.41, 5.74) is 7.34. The first-order chi connectivity index (χ1) is 14.6. The average Bonchev–Trinajstić information content (AvgIpc) is 2.74. The van der Waals surface area contributed by atoms with E-state index in [1.807, 2.05) is 0 Å². The number of rotatable bonds is 7. The molecule has 2 heterocycles. The summed E-state index contributed by atoms with van der Waals surface area (Å²) in [7, 11) is 0. The van der Waals surface area contributed by atoms with Crippen LogP contribution in [-0.4, -0.2) is 15.1 Å². The molecular formula is C23H21ClFN3O2S. The molecule has 160 valence electrons. The maximum Gasteiger partial charge on any atom is 0.190 e. The molecule has 0 radical (unpaired) electrons. The second kappa shape index (κ2) is 9.51. The smallest absolute Gasteiger partial charge is 0.190 e. The molecule has 0 saturated heterocycles. The Kier molecular flexibility index (Phi) is 7.00. The number of ether oxygens (including phenoxy) is 1. The van der Waals surface area contributed by atoms with Gasteiger partial charge in [0.2, 0.25) is 0 Å². The van der Waals surface area contributed by atoms with Crippen LogP contribution in [0, 0.1) is 5.82 Å². The summed E-state index contributed by atoms with van der Waals surface area (Å²) in [6.07, 6.45) is 3.08. The van der Waals surface area contributed by atoms with E-state index in [0.29, 0.717) is 43.4 Å². The van der Waals surface area contributed by atoms with Gasteiger partial charge in [-0.15, -0.1) is 0 Å². The molecule has 31 heavy (non-hydrogen) atoms. The molecule has 0 saturated carbocycles. The molecule has 0 unspecified atom stereocenters. The van der Waals surface area contributed by atoms with Crippen molar-refractivity contribution in [3.8, 4) is 0 Å². The summed E-state index contributed by atoms with van der Waals surface area (Å²) in [5.74, 6) is -0.0648. The van der Waals surface area contributed by atoms with Crippen LogP contribution in [0.5, 0.6) is 0 Å². The normalized spacial score (nSPS) is 12.3. The van der Waals surface area contributed by atoms with Crippen molar-refractivity contribution in [2.45, 2.75) is 24.5 Å². The van der Waals surface area contributed by atoms with Gasteiger partial charge in [0, 0.05) is 23.5 Å². The highest BCUT2D eigenvalue weighted by molar-refractivity contribution is 8.03. The molecule has 0 amide bonds. The molecule has 3 N–H and O–H groups in total. The van der Waals surface area contributed by atoms with Crippen molar-refractivity contribution in [1.82, 2.24) is 9.97 Å². The highest BCUT2D eigenvalue weighted by Crippen LogP contribution is 2.34. The van der Waals surface area contributed by atoms with Gasteiger partial charge in [-0.25, -0.2) is 9.37 Å². The summed E-state index contributed by atoms with van der Waals surface area (Å²) < 4.78 is 19.2. The lowest BCUT2D eigenvalue weighted by Gasteiger charge is -2.18. The highest BCUT2D eigenvalue weighted by Gasteiger charge is 2.19. The van der Waals surface area contributed by atoms with Gasteiger partial charge in [-0.2, -0.15) is 0 Å². The van der Waals surface area contributed by atoms with Crippen molar-refractivity contribution in [1.29, 1.82) is 0 Å². The van der Waals surface area contributed by atoms with E-state index in [4.69, 9.17) is 22.1 Å². The van der Waals surface area contributed by atoms with Gasteiger partial charge in [0.1, 0.15) is 22.2 Å². The number of halogens is 2. The molecule has 0 aliphatic carbocycles. The number of nitrogens with zero attached hydrogens (tertiary/aromatic N) is 2. The molecule has 8 heteroatoms. The minimum Gasteiger partial charge on any atom is -0.448 e. The molecular weight excluding hydrogens is 437 g/mol. The number of aliphatic hydroxyl groups is 1. The standard InChI is InChI=1S/C23H21ClFN3O2S/c1-14(15-4-8-18(25)9-5-15)30-22(31-20-11-7-17(24)13-28-20)21(26)16-6-10-19(27-12-16)23(2,3)29/h4-13,29H,1,26H2,2-3H3/b22-21+. The summed E-state index contributed by atoms with van der Waals surface area (Å²) in [4.78, 5) is 8.56. The Labute approximate surface area is 189 Å². The molecule has 1 aromatic carbocycles. The first-order valence-electron chi connectivity index (χ1n) is 9.24. The molecule has 2 aromatic heterocycles. The van der Waals surface area contributed by atoms with Crippen LogP contribution < -0.4 is 5.73 Å². The Morgan fingerprint density at radius 1 is 1.06 bits per heavy atom. The van der Waals surface area contributed by atoms with Crippen molar-refractivity contribution < 1.29 is 14.2 Å². The molecule has 0 aliphatic heterocycles. The third-order valence-corrected chi connectivity index (χ3v) is 5.36. The second-order valence-electron chi connectivity index (χ2n) is 7.14. The summed E-state index contributed by atoms with van der Waals surface area (Å²) >= 11 is 7.11. The van der Waals surface area contributed by atoms with Crippen LogP contribution in [0.2, 0.25) is 5.02 Å². The van der Waals surface area contributed by atoms with Gasteiger partial charge in [0.05, 0.1) is 16.4 Å². The molecule has 5 nitrogen and oxygen atoms in total. The fourth-order valence-corrected chi connectivity index (χ4v) is 3.40. The average molecular weight is 458 g/mol. The van der Waals surface area contributed by atoms with Crippen molar-refractivity contribution in [2.24, 2.45) is 5.73 Å². The fourth-order valence-electron chi connectivity index (χ4n) is 2.49. The zero-order valence-electron chi connectivity index (χ0n) is 17.0. The van der Waals surface area contributed by atoms with Crippen molar-refractivity contribution in [3.63, 3.8) is 0 Å². The van der Waals surface area contributed by atoms with Crippen LogP contribution in [0.25, 0.3) is 11.5 Å². The Morgan fingerprint density at radius 2 is 1.74 bits per heavy atom. The summed E-state index contributed by atoms with van der Waals surface area (Å²) in [6, 6.07) is 12.7. The van der Waals surface area contributed by atoms with Crippen molar-refractivity contribution >= 4 is 34.8 Å². The predicted octanol–water partition coefficient (Wildman–Crippen LogP) is 5.56. The SMILES string of the molecule is C=C(O/C(Sc1ccc(Cl)cn1)=C(\N)c1ccc(C(C)(C)O)nc1)c1ccc(F)cc1. The number of hydrogen-bond donors (Lipinski definition) is 2. The molecule has 3 aromatic rings. The van der Waals surface area contributed by atoms with Crippen LogP contribution in [0.15, 0.2) is 77.6 Å². The van der Waals surface area contributed by atoms with E-state index in [1.54, 1.807) is 56.4 Å². The van der Waals surface area contributed by atoms with Gasteiger partial charge < -0.3 is 15.6 Å². The largest absolute Gasteiger partial charge is 0.448 e. The van der Waals surface area contributed by atoms with Gasteiger partial charge in [-0.3, -0.25) is 4.98 Å². The Balaban J connectivity index is 1.95. The minimum absolute atomic E-state index is 0.292. The lowest BCUT2D eigenvalue weighted by atomic mass is 10.0. The van der Waals surface area contributed by atoms with E-state index < -0.39 is 5.60 Å². The molecule has 3 rings (SSSR count). The third-order valence-electron chi connectivity index (χ3n) is 4.20. The van der Waals surface area contributed by atoms with E-state index in [2.05, 4.69) is 16.5 Å². The van der Waals surface area contributed by atoms with Crippen LogP contribution in [0.4, 0.5) is 4.39 Å². The number of aromatic nitrogens is 2. The third kappa shape index (κ3) is 6.07. The Hall–Kier alpha value is -2.87. The number of thioether (sulfide) groups is 1. The quantitative estimate of drug-likeness (QED) is 0.357. The van der Waals surface area contributed by atoms with E-state index in [9.17, 15) is 9.50 Å². The summed E-state index contributed by atoms with van der Waals surface area (Å²) in [5, 5.41) is 11.6. The van der Waals surface area contributed by atoms with Crippen LogP contribution >= 0.6 is 23.4 Å². The van der Waals surface area contributed by atoms with Gasteiger partial charge in [-0.1, -0.05) is 18.2 Å². The molecule has 0 fully saturated rings. The van der Waals surface area contributed by atoms with Crippen LogP contribution in [0.1, 0.15) is 30.7 Å². The van der Waals surface area contributed by atoms with E-state index >= 15 is 0 Å². The number of nitrogens with two attached hydrogens (primary N) is 1. The van der Waals surface area contributed by atoms with E-state index in [-0.39, 0.29) is 5.82 Å². The monoisotopic (exact) mass is 457 g/mol. The Morgan fingerprint density at radius 3 is 2.29 bits per heavy atom. The maximum atomic E-state index is 13.3.